The van der Waals surface area contributed by atoms with Gasteiger partial charge in [-0.2, -0.15) is 4.98 Å². The van der Waals surface area contributed by atoms with Gasteiger partial charge in [-0.05, 0) is 51.4 Å². The largest absolute Gasteiger partial charge is 0.459 e. The number of aromatic nitrogens is 3. The Balaban J connectivity index is 1.77. The number of para-hydroxylation sites is 1. The molecule has 0 bridgehead atoms. The monoisotopic (exact) mass is 288 g/mol. The minimum absolute atomic E-state index is 0.125. The second-order valence-corrected chi connectivity index (χ2v) is 5.13. The van der Waals surface area contributed by atoms with Crippen molar-refractivity contribution in [2.45, 2.75) is 39.2 Å². The second kappa shape index (κ2) is 8.42. The zero-order valence-electron chi connectivity index (χ0n) is 12.8. The molecule has 0 aliphatic heterocycles. The summed E-state index contributed by atoms with van der Waals surface area (Å²) in [5.74, 6) is 0. The van der Waals surface area contributed by atoms with E-state index in [1.54, 1.807) is 11.0 Å². The molecule has 1 N–H and O–H groups in total. The Bertz CT molecular complexity index is 512. The fourth-order valence-electron chi connectivity index (χ4n) is 2.06. The molecule has 0 saturated heterocycles. The lowest BCUT2D eigenvalue weighted by atomic mass is 10.2. The Morgan fingerprint density at radius 3 is 2.81 bits per heavy atom. The lowest BCUT2D eigenvalue weighted by Crippen LogP contribution is -2.19. The first kappa shape index (κ1) is 15.5. The van der Waals surface area contributed by atoms with Crippen molar-refractivity contribution in [3.05, 3.63) is 36.7 Å². The molecule has 114 valence electrons. The van der Waals surface area contributed by atoms with Gasteiger partial charge in [0.15, 0.2) is 0 Å². The molecule has 0 aliphatic rings. The van der Waals surface area contributed by atoms with Crippen LogP contribution in [0.1, 0.15) is 33.1 Å². The molecule has 2 aromatic rings. The smallest absolute Gasteiger partial charge is 0.336 e. The standard InChI is InChI=1S/C16H24N4O/c1-3-11-17-12-7-8-14(2)21-16-18-13-20(19-16)15-9-5-4-6-10-15/h4-6,9-10,13-14,17H,3,7-8,11-12H2,1-2H3. The summed E-state index contributed by atoms with van der Waals surface area (Å²) in [7, 11) is 0. The van der Waals surface area contributed by atoms with Crippen LogP contribution in [-0.4, -0.2) is 34.0 Å². The third kappa shape index (κ3) is 5.19. The quantitative estimate of drug-likeness (QED) is 0.721. The lowest BCUT2D eigenvalue weighted by molar-refractivity contribution is 0.190. The predicted octanol–water partition coefficient (Wildman–Crippen LogP) is 2.81. The Labute approximate surface area is 126 Å². The zero-order chi connectivity index (χ0) is 14.9. The SMILES string of the molecule is CCCNCCCC(C)Oc1ncn(-c2ccccc2)n1. The van der Waals surface area contributed by atoms with Gasteiger partial charge in [0.25, 0.3) is 0 Å². The average molecular weight is 288 g/mol. The summed E-state index contributed by atoms with van der Waals surface area (Å²) in [6.07, 6.45) is 5.07. The van der Waals surface area contributed by atoms with Crippen LogP contribution < -0.4 is 10.1 Å². The van der Waals surface area contributed by atoms with Crippen LogP contribution in [-0.2, 0) is 0 Å². The number of nitrogens with one attached hydrogen (secondary N) is 1. The molecule has 1 aromatic carbocycles. The highest BCUT2D eigenvalue weighted by molar-refractivity contribution is 5.29. The van der Waals surface area contributed by atoms with Crippen LogP contribution >= 0.6 is 0 Å². The molecule has 5 heteroatoms. The van der Waals surface area contributed by atoms with Crippen LogP contribution in [0.2, 0.25) is 0 Å². The molecule has 5 nitrogen and oxygen atoms in total. The van der Waals surface area contributed by atoms with Crippen molar-refractivity contribution in [2.75, 3.05) is 13.1 Å². The lowest BCUT2D eigenvalue weighted by Gasteiger charge is -2.11. The number of hydrogen-bond acceptors (Lipinski definition) is 4. The van der Waals surface area contributed by atoms with Crippen molar-refractivity contribution in [3.8, 4) is 11.7 Å². The van der Waals surface area contributed by atoms with Crippen molar-refractivity contribution in [1.29, 1.82) is 0 Å². The predicted molar refractivity (Wildman–Crippen MR) is 83.8 cm³/mol. The van der Waals surface area contributed by atoms with E-state index in [4.69, 9.17) is 4.74 Å². The van der Waals surface area contributed by atoms with Gasteiger partial charge in [0.1, 0.15) is 6.33 Å². The summed E-state index contributed by atoms with van der Waals surface area (Å²) in [6.45, 7) is 6.35. The third-order valence-corrected chi connectivity index (χ3v) is 3.19. The van der Waals surface area contributed by atoms with E-state index in [1.165, 1.54) is 6.42 Å². The Kier molecular flexibility index (Phi) is 6.22. The molecular formula is C16H24N4O. The van der Waals surface area contributed by atoms with Crippen molar-refractivity contribution >= 4 is 0 Å². The van der Waals surface area contributed by atoms with E-state index < -0.39 is 0 Å². The molecule has 0 spiro atoms. The van der Waals surface area contributed by atoms with Crippen LogP contribution in [0.5, 0.6) is 6.01 Å². The molecular weight excluding hydrogens is 264 g/mol. The maximum absolute atomic E-state index is 5.75. The minimum atomic E-state index is 0.125. The Hall–Kier alpha value is -1.88. The molecule has 0 amide bonds. The van der Waals surface area contributed by atoms with Crippen molar-refractivity contribution in [1.82, 2.24) is 20.1 Å². The van der Waals surface area contributed by atoms with Gasteiger partial charge in [-0.25, -0.2) is 4.68 Å². The van der Waals surface area contributed by atoms with Crippen molar-refractivity contribution < 1.29 is 4.74 Å². The molecule has 1 heterocycles. The Morgan fingerprint density at radius 1 is 1.24 bits per heavy atom. The average Bonchev–Trinajstić information content (AvgIpc) is 2.96. The first-order valence-corrected chi connectivity index (χ1v) is 7.64. The number of nitrogens with zero attached hydrogens (tertiary/aromatic N) is 3. The fraction of sp³-hybridized carbons (Fsp3) is 0.500. The molecule has 1 unspecified atom stereocenters. The molecule has 1 aromatic heterocycles. The van der Waals surface area contributed by atoms with Crippen LogP contribution in [0, 0.1) is 0 Å². The molecule has 0 aliphatic carbocycles. The zero-order valence-corrected chi connectivity index (χ0v) is 12.8. The molecule has 0 saturated carbocycles. The first-order valence-electron chi connectivity index (χ1n) is 7.64. The van der Waals surface area contributed by atoms with Crippen LogP contribution in [0.4, 0.5) is 0 Å². The van der Waals surface area contributed by atoms with E-state index in [2.05, 4.69) is 29.2 Å². The molecule has 1 atom stereocenters. The summed E-state index contributed by atoms with van der Waals surface area (Å²) in [6, 6.07) is 10.3. The summed E-state index contributed by atoms with van der Waals surface area (Å²) >= 11 is 0. The van der Waals surface area contributed by atoms with Gasteiger partial charge in [-0.3, -0.25) is 0 Å². The Morgan fingerprint density at radius 2 is 2.05 bits per heavy atom. The number of hydrogen-bond donors (Lipinski definition) is 1. The van der Waals surface area contributed by atoms with Gasteiger partial charge < -0.3 is 10.1 Å². The van der Waals surface area contributed by atoms with Crippen LogP contribution in [0.15, 0.2) is 36.7 Å². The number of benzene rings is 1. The van der Waals surface area contributed by atoms with Gasteiger partial charge in [0.05, 0.1) is 11.8 Å². The van der Waals surface area contributed by atoms with Crippen LogP contribution in [0.3, 0.4) is 0 Å². The first-order chi connectivity index (χ1) is 10.3. The summed E-state index contributed by atoms with van der Waals surface area (Å²) in [5, 5.41) is 7.73. The van der Waals surface area contributed by atoms with Gasteiger partial charge >= 0.3 is 6.01 Å². The van der Waals surface area contributed by atoms with E-state index in [0.717, 1.165) is 31.6 Å². The topological polar surface area (TPSA) is 52.0 Å². The fourth-order valence-corrected chi connectivity index (χ4v) is 2.06. The molecule has 2 rings (SSSR count). The molecule has 0 radical (unpaired) electrons. The normalized spacial score (nSPS) is 12.3. The van der Waals surface area contributed by atoms with Crippen LogP contribution in [0.25, 0.3) is 5.69 Å². The van der Waals surface area contributed by atoms with Crippen molar-refractivity contribution in [3.63, 3.8) is 0 Å². The third-order valence-electron chi connectivity index (χ3n) is 3.19. The van der Waals surface area contributed by atoms with Gasteiger partial charge in [-0.15, -0.1) is 5.10 Å². The minimum Gasteiger partial charge on any atom is -0.459 e. The highest BCUT2D eigenvalue weighted by Crippen LogP contribution is 2.11. The van der Waals surface area contributed by atoms with Gasteiger partial charge in [0.2, 0.25) is 0 Å². The molecule has 0 fully saturated rings. The van der Waals surface area contributed by atoms with E-state index in [-0.39, 0.29) is 6.10 Å². The van der Waals surface area contributed by atoms with E-state index in [0.29, 0.717) is 6.01 Å². The number of ether oxygens (including phenoxy) is 1. The van der Waals surface area contributed by atoms with E-state index in [1.807, 2.05) is 30.3 Å². The van der Waals surface area contributed by atoms with Crippen molar-refractivity contribution in [2.24, 2.45) is 0 Å². The van der Waals surface area contributed by atoms with E-state index >= 15 is 0 Å². The summed E-state index contributed by atoms with van der Waals surface area (Å²) < 4.78 is 7.48. The highest BCUT2D eigenvalue weighted by Gasteiger charge is 2.08. The number of rotatable bonds is 9. The second-order valence-electron chi connectivity index (χ2n) is 5.13. The summed E-state index contributed by atoms with van der Waals surface area (Å²) in [5.41, 5.74) is 0.983. The highest BCUT2D eigenvalue weighted by atomic mass is 16.5. The summed E-state index contributed by atoms with van der Waals surface area (Å²) in [4.78, 5) is 4.20. The molecule has 21 heavy (non-hydrogen) atoms. The maximum Gasteiger partial charge on any atom is 0.336 e. The van der Waals surface area contributed by atoms with E-state index in [9.17, 15) is 0 Å². The van der Waals surface area contributed by atoms with Gasteiger partial charge in [0, 0.05) is 0 Å². The maximum atomic E-state index is 5.75. The van der Waals surface area contributed by atoms with Gasteiger partial charge in [-0.1, -0.05) is 25.1 Å².